The zero-order valence-electron chi connectivity index (χ0n) is 33.6. The molecule has 20 heteroatoms. The summed E-state index contributed by atoms with van der Waals surface area (Å²) in [6.45, 7) is 5.14. The van der Waals surface area contributed by atoms with E-state index in [1.807, 2.05) is 51.1 Å². The van der Waals surface area contributed by atoms with Crippen molar-refractivity contribution in [3.63, 3.8) is 0 Å². The Hall–Kier alpha value is -6.02. The highest BCUT2D eigenvalue weighted by atomic mass is 19.4. The number of carbonyl (C=O) groups excluding carboxylic acids is 5. The number of aliphatic hydroxyl groups is 1. The number of nitrogens with one attached hydrogen (secondary N) is 2. The van der Waals surface area contributed by atoms with Gasteiger partial charge in [-0.25, -0.2) is 18.6 Å². The maximum Gasteiger partial charge on any atom is 0.490 e. The molecule has 5 rings (SSSR count). The van der Waals surface area contributed by atoms with Crippen LogP contribution in [0.25, 0.3) is 11.3 Å². The predicted molar refractivity (Wildman–Crippen MR) is 209 cm³/mol. The molecule has 1 aliphatic carbocycles. The average molecular weight is 862 g/mol. The van der Waals surface area contributed by atoms with Crippen LogP contribution in [0.3, 0.4) is 0 Å². The van der Waals surface area contributed by atoms with E-state index in [9.17, 15) is 46.6 Å². The number of benzene rings is 2. The van der Waals surface area contributed by atoms with Crippen molar-refractivity contribution in [1.82, 2.24) is 30.0 Å². The van der Waals surface area contributed by atoms with Gasteiger partial charge in [0.25, 0.3) is 11.8 Å². The first-order chi connectivity index (χ1) is 28.6. The highest BCUT2D eigenvalue weighted by molar-refractivity contribution is 6.12. The highest BCUT2D eigenvalue weighted by Crippen LogP contribution is 2.40. The third kappa shape index (κ3) is 12.7. The first-order valence-electron chi connectivity index (χ1n) is 19.3. The molecule has 0 radical (unpaired) electrons. The van der Waals surface area contributed by atoms with Gasteiger partial charge in [0.15, 0.2) is 0 Å². The largest absolute Gasteiger partial charge is 0.490 e. The monoisotopic (exact) mass is 861 g/mol. The van der Waals surface area contributed by atoms with Gasteiger partial charge in [0, 0.05) is 56.1 Å². The van der Waals surface area contributed by atoms with Crippen LogP contribution in [-0.2, 0) is 35.3 Å². The lowest BCUT2D eigenvalue weighted by Gasteiger charge is -2.40. The van der Waals surface area contributed by atoms with E-state index in [4.69, 9.17) is 20.6 Å². The number of nitrogens with two attached hydrogens (primary N) is 1. The van der Waals surface area contributed by atoms with Crippen LogP contribution < -0.4 is 16.4 Å². The lowest BCUT2D eigenvalue weighted by Crippen LogP contribution is -2.51. The lowest BCUT2D eigenvalue weighted by molar-refractivity contribution is -0.192. The first kappa shape index (κ1) is 47.7. The molecule has 0 unspecified atom stereocenters. The Kier molecular flexibility index (Phi) is 16.0. The number of aliphatic carboxylic acids is 1. The van der Waals surface area contributed by atoms with E-state index in [1.54, 1.807) is 10.8 Å². The molecule has 330 valence electrons. The maximum absolute atomic E-state index is 15.0. The zero-order chi connectivity index (χ0) is 45.2. The molecular formula is C41H48F5N7O8. The molecule has 2 aliphatic rings. The maximum atomic E-state index is 15.0. The van der Waals surface area contributed by atoms with Gasteiger partial charge in [-0.2, -0.15) is 13.2 Å². The van der Waals surface area contributed by atoms with Crippen LogP contribution in [-0.4, -0.2) is 110 Å². The molecule has 1 aromatic heterocycles. The van der Waals surface area contributed by atoms with E-state index in [0.717, 1.165) is 28.7 Å². The summed E-state index contributed by atoms with van der Waals surface area (Å²) in [7, 11) is 0. The van der Waals surface area contributed by atoms with Crippen LogP contribution in [0.15, 0.2) is 66.9 Å². The van der Waals surface area contributed by atoms with Crippen molar-refractivity contribution in [3.8, 4) is 11.3 Å². The number of carbonyl (C=O) groups is 6. The number of hydrogen-bond acceptors (Lipinski definition) is 9. The number of aromatic nitrogens is 2. The van der Waals surface area contributed by atoms with E-state index in [1.165, 1.54) is 17.1 Å². The minimum Gasteiger partial charge on any atom is -0.475 e. The van der Waals surface area contributed by atoms with Crippen molar-refractivity contribution in [2.24, 2.45) is 17.1 Å². The fourth-order valence-corrected chi connectivity index (χ4v) is 7.08. The van der Waals surface area contributed by atoms with Crippen molar-refractivity contribution < 1.29 is 60.9 Å². The number of alkyl halides is 3. The SMILES string of the molecule is CC(C)(C)[C@H](c1nc(-c2cc(F)ccc2F)cn1Cc1ccccc1)N(CC[C@H](N)C(=O)N[C@H]1CCC[C@H]1C(=O)NCCN1C(=O)C=CC1=O)C(=O)CO.O=C(O)C(F)(F)F. The number of carboxylic acid groups (broad SMARTS) is 1. The normalized spacial score (nSPS) is 17.4. The fraction of sp³-hybridized carbons (Fsp3) is 0.439. The first-order valence-corrected chi connectivity index (χ1v) is 19.3. The number of carboxylic acids is 1. The Balaban J connectivity index is 0.00000107. The van der Waals surface area contributed by atoms with Gasteiger partial charge in [-0.05, 0) is 48.4 Å². The predicted octanol–water partition coefficient (Wildman–Crippen LogP) is 3.46. The molecule has 3 aromatic rings. The molecule has 2 heterocycles. The molecule has 1 aliphatic heterocycles. The van der Waals surface area contributed by atoms with Crippen molar-refractivity contribution in [2.45, 2.75) is 77.3 Å². The molecule has 4 atom stereocenters. The fourth-order valence-electron chi connectivity index (χ4n) is 7.08. The van der Waals surface area contributed by atoms with Crippen molar-refractivity contribution in [3.05, 3.63) is 89.9 Å². The molecule has 15 nitrogen and oxygen atoms in total. The number of halogens is 5. The van der Waals surface area contributed by atoms with Gasteiger partial charge in [-0.1, -0.05) is 57.5 Å². The van der Waals surface area contributed by atoms with Crippen LogP contribution in [0.4, 0.5) is 22.0 Å². The number of aliphatic hydroxyl groups excluding tert-OH is 1. The Labute approximate surface area is 347 Å². The molecule has 2 aromatic carbocycles. The van der Waals surface area contributed by atoms with Crippen LogP contribution in [0.2, 0.25) is 0 Å². The summed E-state index contributed by atoms with van der Waals surface area (Å²) in [6, 6.07) is 10.1. The summed E-state index contributed by atoms with van der Waals surface area (Å²) in [5.74, 6) is -6.60. The molecule has 0 saturated heterocycles. The average Bonchev–Trinajstić information content (AvgIpc) is 3.92. The molecule has 1 fully saturated rings. The van der Waals surface area contributed by atoms with Crippen LogP contribution in [0, 0.1) is 23.0 Å². The van der Waals surface area contributed by atoms with Crippen LogP contribution >= 0.6 is 0 Å². The van der Waals surface area contributed by atoms with Crippen LogP contribution in [0.5, 0.6) is 0 Å². The number of amides is 5. The minimum absolute atomic E-state index is 0.00948. The van der Waals surface area contributed by atoms with E-state index in [2.05, 4.69) is 10.6 Å². The summed E-state index contributed by atoms with van der Waals surface area (Å²) in [5.41, 5.74) is 6.66. The molecule has 1 saturated carbocycles. The van der Waals surface area contributed by atoms with Crippen molar-refractivity contribution in [2.75, 3.05) is 26.2 Å². The topological polar surface area (TPSA) is 217 Å². The number of imidazole rings is 1. The third-order valence-corrected chi connectivity index (χ3v) is 10.0. The molecule has 0 bridgehead atoms. The van der Waals surface area contributed by atoms with Gasteiger partial charge in [-0.3, -0.25) is 28.9 Å². The number of rotatable bonds is 15. The summed E-state index contributed by atoms with van der Waals surface area (Å²) < 4.78 is 62.8. The standard InChI is InChI=1S/C39H47F2N7O6.C2HF3O2/c1-39(2,3)35(36-44-31(27-20-25(40)12-13-28(27)41)22-46(36)21-24-8-5-4-6-9-24)48(34(52)23-49)18-16-29(42)38(54)45-30-11-7-10-26(30)37(53)43-17-19-47-32(50)14-15-33(47)51;3-2(4,5)1(6)7/h4-6,8-9,12-15,20,22,26,29-30,35,49H,7,10-11,16-19,21,23,42H2,1-3H3,(H,43,53)(H,45,54);(H,6,7)/t26-,29+,30+,35+;/m1./s1. The number of nitrogens with zero attached hydrogens (tertiary/aromatic N) is 4. The summed E-state index contributed by atoms with van der Waals surface area (Å²) in [4.78, 5) is 79.7. The van der Waals surface area contributed by atoms with Gasteiger partial charge in [0.1, 0.15) is 24.1 Å². The smallest absolute Gasteiger partial charge is 0.475 e. The minimum atomic E-state index is -5.08. The second-order valence-electron chi connectivity index (χ2n) is 15.5. The summed E-state index contributed by atoms with van der Waals surface area (Å²) in [5, 5.41) is 22.9. The van der Waals surface area contributed by atoms with Gasteiger partial charge < -0.3 is 36.0 Å². The van der Waals surface area contributed by atoms with E-state index >= 15 is 4.39 Å². The van der Waals surface area contributed by atoms with Gasteiger partial charge in [-0.15, -0.1) is 0 Å². The number of imide groups is 1. The van der Waals surface area contributed by atoms with Gasteiger partial charge >= 0.3 is 12.1 Å². The quantitative estimate of drug-likeness (QED) is 0.111. The summed E-state index contributed by atoms with van der Waals surface area (Å²) in [6.07, 6.45) is 0.620. The molecule has 61 heavy (non-hydrogen) atoms. The van der Waals surface area contributed by atoms with E-state index < -0.39 is 83.5 Å². The Bertz CT molecular complexity index is 2090. The summed E-state index contributed by atoms with van der Waals surface area (Å²) >= 11 is 0. The molecule has 6 N–H and O–H groups in total. The number of hydrogen-bond donors (Lipinski definition) is 5. The van der Waals surface area contributed by atoms with Crippen molar-refractivity contribution >= 4 is 35.5 Å². The third-order valence-electron chi connectivity index (χ3n) is 10.0. The highest BCUT2D eigenvalue weighted by Gasteiger charge is 2.40. The molecule has 0 spiro atoms. The Morgan fingerprint density at radius 1 is 1.00 bits per heavy atom. The molecular weight excluding hydrogens is 813 g/mol. The second-order valence-corrected chi connectivity index (χ2v) is 15.5. The van der Waals surface area contributed by atoms with Gasteiger partial charge in [0.2, 0.25) is 17.7 Å². The Morgan fingerprint density at radius 2 is 1.64 bits per heavy atom. The zero-order valence-corrected chi connectivity index (χ0v) is 33.6. The Morgan fingerprint density at radius 3 is 2.23 bits per heavy atom. The van der Waals surface area contributed by atoms with Crippen LogP contribution in [0.1, 0.15) is 63.9 Å². The second kappa shape index (κ2) is 20.5. The van der Waals surface area contributed by atoms with Gasteiger partial charge in [0.05, 0.1) is 23.7 Å². The van der Waals surface area contributed by atoms with E-state index in [-0.39, 0.29) is 49.8 Å². The van der Waals surface area contributed by atoms with E-state index in [0.29, 0.717) is 25.1 Å². The lowest BCUT2D eigenvalue weighted by atomic mass is 9.84. The van der Waals surface area contributed by atoms with Crippen molar-refractivity contribution in [1.29, 1.82) is 0 Å². The molecule has 5 amide bonds.